The van der Waals surface area contributed by atoms with Gasteiger partial charge in [-0.15, -0.1) is 4.42 Å². The van der Waals surface area contributed by atoms with Crippen LogP contribution >= 0.6 is 0 Å². The number of ether oxygens (including phenoxy) is 2. The maximum absolute atomic E-state index is 5.94. The number of hydrogen-bond donors (Lipinski definition) is 0. The highest BCUT2D eigenvalue weighted by Crippen LogP contribution is 2.21. The van der Waals surface area contributed by atoms with Crippen LogP contribution in [0.25, 0.3) is 0 Å². The van der Waals surface area contributed by atoms with Crippen LogP contribution in [-0.4, -0.2) is 49.3 Å². The minimum Gasteiger partial charge on any atom is -0.377 e. The molecule has 0 heterocycles. The van der Waals surface area contributed by atoms with Crippen LogP contribution in [0.1, 0.15) is 25.0 Å². The molecule has 160 valence electrons. The van der Waals surface area contributed by atoms with Crippen LogP contribution in [0.2, 0.25) is 58.9 Å². The largest absolute Gasteiger partial charge is 0.377 e. The van der Waals surface area contributed by atoms with Crippen molar-refractivity contribution in [1.29, 1.82) is 0 Å². The molecule has 0 atom stereocenters. The van der Waals surface area contributed by atoms with Gasteiger partial charge >= 0.3 is 0 Å². The molecule has 0 aliphatic heterocycles. The molecule has 0 unspecified atom stereocenters. The van der Waals surface area contributed by atoms with Crippen molar-refractivity contribution in [3.05, 3.63) is 29.3 Å². The molecule has 0 fully saturated rings. The Kier molecular flexibility index (Phi) is 9.50. The molecule has 6 heteroatoms. The maximum atomic E-state index is 5.94. The van der Waals surface area contributed by atoms with Gasteiger partial charge in [0, 0.05) is 21.1 Å². The number of rotatable bonds is 10. The molecule has 1 aromatic carbocycles. The predicted molar refractivity (Wildman–Crippen MR) is 138 cm³/mol. The third-order valence-corrected chi connectivity index (χ3v) is 29.1. The van der Waals surface area contributed by atoms with Crippen LogP contribution in [0.15, 0.2) is 18.2 Å². The lowest BCUT2D eigenvalue weighted by atomic mass is 10.1. The van der Waals surface area contributed by atoms with Crippen LogP contribution in [-0.2, 0) is 22.7 Å². The molecule has 0 aliphatic carbocycles. The Hall–Kier alpha value is -0.122. The zero-order chi connectivity index (χ0) is 21.8. The summed E-state index contributed by atoms with van der Waals surface area (Å²) in [5, 5.41) is 1.65. The van der Waals surface area contributed by atoms with Gasteiger partial charge < -0.3 is 9.47 Å². The summed E-state index contributed by atoms with van der Waals surface area (Å²) in [5.41, 5.74) is 2.84. The number of benzene rings is 1. The topological polar surface area (TPSA) is 18.5 Å². The number of hydrogen-bond acceptors (Lipinski definition) is 2. The summed E-state index contributed by atoms with van der Waals surface area (Å²) in [4.78, 5) is 0. The average molecular weight is 453 g/mol. The zero-order valence-corrected chi connectivity index (χ0v) is 24.4. The van der Waals surface area contributed by atoms with E-state index in [4.69, 9.17) is 9.47 Å². The van der Waals surface area contributed by atoms with Crippen molar-refractivity contribution in [3.8, 4) is 0 Å². The van der Waals surface area contributed by atoms with Crippen molar-refractivity contribution in [1.82, 2.24) is 0 Å². The zero-order valence-electron chi connectivity index (χ0n) is 20.4. The van der Waals surface area contributed by atoms with E-state index in [1.807, 2.05) is 4.42 Å². The Labute approximate surface area is 179 Å². The first-order valence-electron chi connectivity index (χ1n) is 10.8. The van der Waals surface area contributed by atoms with E-state index in [2.05, 4.69) is 91.0 Å². The lowest BCUT2D eigenvalue weighted by Crippen LogP contribution is -2.63. The van der Waals surface area contributed by atoms with Crippen LogP contribution in [0, 0.1) is 0 Å². The van der Waals surface area contributed by atoms with Gasteiger partial charge in [0.15, 0.2) is 0 Å². The van der Waals surface area contributed by atoms with Crippen molar-refractivity contribution in [2.45, 2.75) is 86.0 Å². The van der Waals surface area contributed by atoms with Crippen molar-refractivity contribution in [2.75, 3.05) is 13.2 Å². The van der Waals surface area contributed by atoms with Gasteiger partial charge in [0.05, 0.1) is 37.0 Å². The van der Waals surface area contributed by atoms with Crippen molar-refractivity contribution >= 4 is 41.3 Å². The monoisotopic (exact) mass is 452 g/mol. The van der Waals surface area contributed by atoms with Crippen molar-refractivity contribution in [2.24, 2.45) is 0 Å². The Morgan fingerprint density at radius 1 is 0.750 bits per heavy atom. The predicted octanol–water partition coefficient (Wildman–Crippen LogP) is 5.39. The van der Waals surface area contributed by atoms with Gasteiger partial charge in [-0.2, -0.15) is 0 Å². The highest BCUT2D eigenvalue weighted by atomic mass is 29.2. The Balaban J connectivity index is 4.00. The van der Waals surface area contributed by atoms with Crippen LogP contribution < -0.4 is 5.19 Å². The van der Waals surface area contributed by atoms with Crippen molar-refractivity contribution in [3.63, 3.8) is 0 Å². The molecule has 0 saturated carbocycles. The summed E-state index contributed by atoms with van der Waals surface area (Å²) in [6.07, 6.45) is 0. The minimum atomic E-state index is -1.43. The second kappa shape index (κ2) is 10.3. The summed E-state index contributed by atoms with van der Waals surface area (Å²) in [5.74, 6) is 0. The first kappa shape index (κ1) is 25.9. The first-order chi connectivity index (χ1) is 12.7. The lowest BCUT2D eigenvalue weighted by Gasteiger charge is -2.39. The van der Waals surface area contributed by atoms with Gasteiger partial charge in [0.2, 0.25) is 0 Å². The molecule has 0 aliphatic rings. The third kappa shape index (κ3) is 6.99. The fourth-order valence-electron chi connectivity index (χ4n) is 4.39. The molecule has 0 radical (unpaired) electrons. The van der Waals surface area contributed by atoms with Crippen LogP contribution in [0.3, 0.4) is 0 Å². The standard InChI is InChI=1S/C22H44O2Si4/c1-12-23-17-19-15-14-16-20(18-24-13-2)21(19)25(28(9,10)11)22(26(3,4)5)27(6,7)8/h14-16H,12-13,17-18H2,1-11H3. The smallest absolute Gasteiger partial charge is 0.0718 e. The summed E-state index contributed by atoms with van der Waals surface area (Å²) < 4.78 is 13.9. The van der Waals surface area contributed by atoms with E-state index in [9.17, 15) is 0 Å². The highest BCUT2D eigenvalue weighted by Gasteiger charge is 2.39. The van der Waals surface area contributed by atoms with E-state index in [-0.39, 0.29) is 0 Å². The Morgan fingerprint density at radius 3 is 1.43 bits per heavy atom. The van der Waals surface area contributed by atoms with Gasteiger partial charge in [-0.3, -0.25) is 0 Å². The molecular formula is C22H44O2Si4. The fourth-order valence-corrected chi connectivity index (χ4v) is 41.8. The molecule has 1 rings (SSSR count). The van der Waals surface area contributed by atoms with E-state index in [1.165, 1.54) is 11.1 Å². The molecule has 0 spiro atoms. The molecule has 2 nitrogen and oxygen atoms in total. The first-order valence-corrected chi connectivity index (χ1v) is 23.8. The van der Waals surface area contributed by atoms with E-state index >= 15 is 0 Å². The summed E-state index contributed by atoms with van der Waals surface area (Å²) >= 11 is 0. The summed E-state index contributed by atoms with van der Waals surface area (Å²) in [6.45, 7) is 30.5. The maximum Gasteiger partial charge on any atom is 0.0718 e. The quantitative estimate of drug-likeness (QED) is 0.443. The molecule has 0 N–H and O–H groups in total. The molecule has 0 saturated heterocycles. The summed E-state index contributed by atoms with van der Waals surface area (Å²) in [7, 11) is -5.04. The molecule has 0 bridgehead atoms. The Morgan fingerprint density at radius 2 is 1.14 bits per heavy atom. The summed E-state index contributed by atoms with van der Waals surface area (Å²) in [6, 6.07) is 6.84. The molecule has 0 aromatic heterocycles. The van der Waals surface area contributed by atoms with Crippen LogP contribution in [0.4, 0.5) is 0 Å². The lowest BCUT2D eigenvalue weighted by molar-refractivity contribution is 0.131. The second-order valence-electron chi connectivity index (χ2n) is 10.7. The van der Waals surface area contributed by atoms with E-state index < -0.39 is 31.7 Å². The van der Waals surface area contributed by atoms with E-state index in [1.54, 1.807) is 5.19 Å². The molecule has 1 aromatic rings. The molecule has 28 heavy (non-hydrogen) atoms. The van der Waals surface area contributed by atoms with E-state index in [0.29, 0.717) is 0 Å². The fraction of sp³-hybridized carbons (Fsp3) is 0.682. The Bertz CT molecular complexity index is 635. The second-order valence-corrected chi connectivity index (χ2v) is 34.5. The SMILES string of the molecule is CCOCc1cccc(COCC)c1[Si](=C([Si](C)(C)C)[Si](C)(C)C)[Si](C)(C)C. The van der Waals surface area contributed by atoms with E-state index in [0.717, 1.165) is 26.4 Å². The van der Waals surface area contributed by atoms with Gasteiger partial charge in [-0.05, 0) is 30.2 Å². The molecular weight excluding hydrogens is 409 g/mol. The van der Waals surface area contributed by atoms with Gasteiger partial charge in [0.1, 0.15) is 0 Å². The van der Waals surface area contributed by atoms with Gasteiger partial charge in [0.25, 0.3) is 0 Å². The average Bonchev–Trinajstić information content (AvgIpc) is 2.52. The molecule has 0 amide bonds. The van der Waals surface area contributed by atoms with Crippen molar-refractivity contribution < 1.29 is 9.47 Å². The van der Waals surface area contributed by atoms with Gasteiger partial charge in [-0.25, -0.2) is 0 Å². The van der Waals surface area contributed by atoms with Gasteiger partial charge in [-0.1, -0.05) is 77.1 Å². The highest BCUT2D eigenvalue weighted by molar-refractivity contribution is 7.55. The van der Waals surface area contributed by atoms with Crippen LogP contribution in [0.5, 0.6) is 0 Å². The minimum absolute atomic E-state index is 0.731. The normalized spacial score (nSPS) is 13.0. The third-order valence-electron chi connectivity index (χ3n) is 4.91.